The summed E-state index contributed by atoms with van der Waals surface area (Å²) >= 11 is 1.24. The van der Waals surface area contributed by atoms with Gasteiger partial charge in [-0.2, -0.15) is 0 Å². The van der Waals surface area contributed by atoms with E-state index in [-0.39, 0.29) is 17.0 Å². The number of carbonyl (C=O) groups is 2. The maximum Gasteiger partial charge on any atom is 0.351 e. The number of carboxylic acids is 2. The molecule has 136 valence electrons. The molecular formula is C18H14N4O4S. The number of aromatic nitrogens is 3. The Labute approximate surface area is 157 Å². The molecule has 0 fully saturated rings. The predicted molar refractivity (Wildman–Crippen MR) is 101 cm³/mol. The standard InChI is InChI=1S/C18H14N4O4S/c23-17(24)11-6-19-13(18(25)26)9-27-15(11)5-10-8-22-14-4-2-1-3-12(14)20-7-16(22)21-10/h1-4,6-8,15H,5,9H2,(H,23,24)(H,25,26). The van der Waals surface area contributed by atoms with Crippen LogP contribution in [0.5, 0.6) is 0 Å². The maximum atomic E-state index is 11.6. The van der Waals surface area contributed by atoms with Gasteiger partial charge in [0.15, 0.2) is 5.65 Å². The molecule has 9 heteroatoms. The highest BCUT2D eigenvalue weighted by molar-refractivity contribution is 8.00. The smallest absolute Gasteiger partial charge is 0.351 e. The van der Waals surface area contributed by atoms with Crippen LogP contribution in [0.25, 0.3) is 16.7 Å². The maximum absolute atomic E-state index is 11.6. The molecule has 1 aliphatic rings. The fourth-order valence-electron chi connectivity index (χ4n) is 2.94. The minimum atomic E-state index is -1.14. The number of imidazole rings is 1. The van der Waals surface area contributed by atoms with Crippen LogP contribution in [0.4, 0.5) is 0 Å². The van der Waals surface area contributed by atoms with Crippen molar-refractivity contribution in [1.29, 1.82) is 0 Å². The van der Waals surface area contributed by atoms with Crippen LogP contribution < -0.4 is 0 Å². The molecule has 2 aromatic heterocycles. The lowest BCUT2D eigenvalue weighted by Crippen LogP contribution is -2.20. The number of nitrogens with zero attached hydrogens (tertiary/aromatic N) is 4. The third kappa shape index (κ3) is 3.28. The second kappa shape index (κ2) is 6.84. The van der Waals surface area contributed by atoms with Gasteiger partial charge < -0.3 is 10.2 Å². The molecule has 1 unspecified atom stereocenters. The molecule has 4 rings (SSSR count). The van der Waals surface area contributed by atoms with Crippen LogP contribution >= 0.6 is 11.8 Å². The zero-order chi connectivity index (χ0) is 19.0. The van der Waals surface area contributed by atoms with Crippen molar-refractivity contribution < 1.29 is 19.8 Å². The van der Waals surface area contributed by atoms with Crippen LogP contribution in [0.2, 0.25) is 0 Å². The molecule has 0 bridgehead atoms. The summed E-state index contributed by atoms with van der Waals surface area (Å²) in [6, 6.07) is 7.67. The van der Waals surface area contributed by atoms with Gasteiger partial charge in [0.1, 0.15) is 5.71 Å². The molecule has 27 heavy (non-hydrogen) atoms. The highest BCUT2D eigenvalue weighted by atomic mass is 32.2. The molecule has 0 radical (unpaired) electrons. The fraction of sp³-hybridized carbons (Fsp3) is 0.167. The van der Waals surface area contributed by atoms with Gasteiger partial charge in [-0.1, -0.05) is 12.1 Å². The van der Waals surface area contributed by atoms with Gasteiger partial charge in [-0.25, -0.2) is 14.6 Å². The zero-order valence-electron chi connectivity index (χ0n) is 13.9. The van der Waals surface area contributed by atoms with Gasteiger partial charge in [-0.15, -0.1) is 11.8 Å². The first kappa shape index (κ1) is 17.2. The van der Waals surface area contributed by atoms with Crippen molar-refractivity contribution >= 4 is 46.1 Å². The average Bonchev–Trinajstić information content (AvgIpc) is 2.93. The second-order valence-corrected chi connectivity index (χ2v) is 7.17. The van der Waals surface area contributed by atoms with Crippen molar-refractivity contribution in [2.45, 2.75) is 11.7 Å². The molecule has 1 aromatic carbocycles. The van der Waals surface area contributed by atoms with Crippen LogP contribution in [0.15, 0.2) is 53.4 Å². The average molecular weight is 382 g/mol. The summed E-state index contributed by atoms with van der Waals surface area (Å²) in [5, 5.41) is 18.1. The Morgan fingerprint density at radius 2 is 2.04 bits per heavy atom. The van der Waals surface area contributed by atoms with Gasteiger partial charge in [0.05, 0.1) is 28.5 Å². The highest BCUT2D eigenvalue weighted by Gasteiger charge is 2.27. The SMILES string of the molecule is O=C(O)C1=CN=C(C(=O)O)CSC1Cc1cn2c(cnc3ccccc32)n1. The number of para-hydroxylation sites is 2. The van der Waals surface area contributed by atoms with Crippen LogP contribution in [0.1, 0.15) is 5.69 Å². The van der Waals surface area contributed by atoms with E-state index in [1.165, 1.54) is 11.8 Å². The van der Waals surface area contributed by atoms with Gasteiger partial charge in [0, 0.05) is 29.8 Å². The number of hydrogen-bond donors (Lipinski definition) is 2. The second-order valence-electron chi connectivity index (χ2n) is 5.98. The van der Waals surface area contributed by atoms with Crippen LogP contribution in [0.3, 0.4) is 0 Å². The Hall–Kier alpha value is -3.20. The molecule has 3 aromatic rings. The van der Waals surface area contributed by atoms with E-state index in [0.717, 1.165) is 17.2 Å². The van der Waals surface area contributed by atoms with Crippen molar-refractivity contribution in [3.8, 4) is 0 Å². The van der Waals surface area contributed by atoms with Crippen molar-refractivity contribution in [3.05, 3.63) is 54.1 Å². The molecular weight excluding hydrogens is 368 g/mol. The lowest BCUT2D eigenvalue weighted by atomic mass is 10.1. The van der Waals surface area contributed by atoms with E-state index in [4.69, 9.17) is 5.11 Å². The van der Waals surface area contributed by atoms with Gasteiger partial charge in [0.2, 0.25) is 0 Å². The van der Waals surface area contributed by atoms with E-state index in [1.54, 1.807) is 6.20 Å². The largest absolute Gasteiger partial charge is 0.478 e. The van der Waals surface area contributed by atoms with Gasteiger partial charge in [-0.3, -0.25) is 14.4 Å². The summed E-state index contributed by atoms with van der Waals surface area (Å²) < 4.78 is 1.92. The number of fused-ring (bicyclic) bond motifs is 3. The third-order valence-electron chi connectivity index (χ3n) is 4.26. The van der Waals surface area contributed by atoms with Gasteiger partial charge in [-0.05, 0) is 12.1 Å². The first-order chi connectivity index (χ1) is 13.0. The monoisotopic (exact) mass is 382 g/mol. The quantitative estimate of drug-likeness (QED) is 0.709. The van der Waals surface area contributed by atoms with E-state index in [9.17, 15) is 14.7 Å². The van der Waals surface area contributed by atoms with E-state index in [2.05, 4.69) is 15.0 Å². The highest BCUT2D eigenvalue weighted by Crippen LogP contribution is 2.27. The minimum Gasteiger partial charge on any atom is -0.478 e. The normalized spacial score (nSPS) is 17.4. The molecule has 8 nitrogen and oxygen atoms in total. The first-order valence-electron chi connectivity index (χ1n) is 8.09. The minimum absolute atomic E-state index is 0.0635. The molecule has 1 aliphatic heterocycles. The summed E-state index contributed by atoms with van der Waals surface area (Å²) in [5.41, 5.74) is 3.13. The summed E-state index contributed by atoms with van der Waals surface area (Å²) in [7, 11) is 0. The zero-order valence-corrected chi connectivity index (χ0v) is 14.8. The molecule has 0 aliphatic carbocycles. The summed E-state index contributed by atoms with van der Waals surface area (Å²) in [5.74, 6) is -2.13. The van der Waals surface area contributed by atoms with E-state index < -0.39 is 17.2 Å². The molecule has 0 saturated carbocycles. The van der Waals surface area contributed by atoms with E-state index in [0.29, 0.717) is 17.8 Å². The molecule has 2 N–H and O–H groups in total. The number of thioether (sulfide) groups is 1. The molecule has 0 saturated heterocycles. The number of aliphatic carboxylic acids is 2. The number of benzene rings is 1. The summed E-state index contributed by atoms with van der Waals surface area (Å²) in [6.07, 6.45) is 5.03. The summed E-state index contributed by atoms with van der Waals surface area (Å²) in [6.45, 7) is 0. The topological polar surface area (TPSA) is 117 Å². The van der Waals surface area contributed by atoms with Crippen molar-refractivity contribution in [2.24, 2.45) is 4.99 Å². The number of hydrogen-bond acceptors (Lipinski definition) is 6. The van der Waals surface area contributed by atoms with E-state index in [1.807, 2.05) is 34.9 Å². The lowest BCUT2D eigenvalue weighted by molar-refractivity contribution is -0.133. The van der Waals surface area contributed by atoms with Crippen molar-refractivity contribution in [3.63, 3.8) is 0 Å². The number of carboxylic acid groups (broad SMARTS) is 2. The Balaban J connectivity index is 1.68. The molecule has 0 spiro atoms. The Morgan fingerprint density at radius 1 is 1.22 bits per heavy atom. The number of aliphatic imine (C=N–C) groups is 1. The number of rotatable bonds is 4. The molecule has 1 atom stereocenters. The van der Waals surface area contributed by atoms with Crippen LogP contribution in [0, 0.1) is 0 Å². The Morgan fingerprint density at radius 3 is 2.81 bits per heavy atom. The lowest BCUT2D eigenvalue weighted by Gasteiger charge is -2.13. The van der Waals surface area contributed by atoms with Crippen molar-refractivity contribution in [1.82, 2.24) is 14.4 Å². The van der Waals surface area contributed by atoms with E-state index >= 15 is 0 Å². The van der Waals surface area contributed by atoms with Crippen molar-refractivity contribution in [2.75, 3.05) is 5.75 Å². The van der Waals surface area contributed by atoms with Gasteiger partial charge in [0.25, 0.3) is 0 Å². The van der Waals surface area contributed by atoms with Crippen LogP contribution in [-0.2, 0) is 16.0 Å². The Bertz CT molecular complexity index is 1130. The van der Waals surface area contributed by atoms with Gasteiger partial charge >= 0.3 is 11.9 Å². The van der Waals surface area contributed by atoms with Crippen LogP contribution in [-0.4, -0.2) is 53.2 Å². The first-order valence-corrected chi connectivity index (χ1v) is 9.14. The summed E-state index contributed by atoms with van der Waals surface area (Å²) in [4.78, 5) is 35.5. The predicted octanol–water partition coefficient (Wildman–Crippen LogP) is 2.03. The third-order valence-corrected chi connectivity index (χ3v) is 5.52. The fourth-order valence-corrected chi connectivity index (χ4v) is 4.12. The Kier molecular flexibility index (Phi) is 4.36. The molecule has 3 heterocycles. The molecule has 0 amide bonds.